The van der Waals surface area contributed by atoms with Crippen LogP contribution in [0.15, 0.2) is 39.4 Å². The van der Waals surface area contributed by atoms with Crippen LogP contribution in [0.25, 0.3) is 0 Å². The summed E-state index contributed by atoms with van der Waals surface area (Å²) < 4.78 is 1.90. The molecule has 1 N–H and O–H groups in total. The van der Waals surface area contributed by atoms with Crippen molar-refractivity contribution in [3.8, 4) is 0 Å². The molecule has 0 aliphatic carbocycles. The van der Waals surface area contributed by atoms with E-state index in [4.69, 9.17) is 0 Å². The summed E-state index contributed by atoms with van der Waals surface area (Å²) in [4.78, 5) is 8.86. The molecule has 0 fully saturated rings. The third-order valence-electron chi connectivity index (χ3n) is 2.62. The first-order chi connectivity index (χ1) is 9.04. The normalized spacial score (nSPS) is 10.8. The summed E-state index contributed by atoms with van der Waals surface area (Å²) >= 11 is 6.85. The van der Waals surface area contributed by atoms with Gasteiger partial charge in [0.2, 0.25) is 0 Å². The third-order valence-corrected chi connectivity index (χ3v) is 3.55. The highest BCUT2D eigenvalue weighted by Crippen LogP contribution is 2.18. The van der Waals surface area contributed by atoms with Crippen molar-refractivity contribution in [1.82, 2.24) is 9.97 Å². The highest BCUT2D eigenvalue weighted by molar-refractivity contribution is 9.10. The molecule has 100 valence electrons. The van der Waals surface area contributed by atoms with Gasteiger partial charge in [-0.05, 0) is 33.6 Å². The Balaban J connectivity index is 2.08. The fourth-order valence-electron chi connectivity index (χ4n) is 1.58. The predicted octanol–water partition coefficient (Wildman–Crippen LogP) is 4.74. The SMILES string of the molecule is CC(C)c1nc(Br)cc(NCc2ccc(Br)cc2)n1. The molecular formula is C14H15Br2N3. The van der Waals surface area contributed by atoms with Gasteiger partial charge in [0.05, 0.1) is 0 Å². The summed E-state index contributed by atoms with van der Waals surface area (Å²) in [5, 5.41) is 3.32. The van der Waals surface area contributed by atoms with Crippen LogP contribution in [0, 0.1) is 0 Å². The van der Waals surface area contributed by atoms with Gasteiger partial charge in [0, 0.05) is 23.0 Å². The van der Waals surface area contributed by atoms with E-state index in [-0.39, 0.29) is 0 Å². The van der Waals surface area contributed by atoms with E-state index in [1.54, 1.807) is 0 Å². The Labute approximate surface area is 130 Å². The minimum Gasteiger partial charge on any atom is -0.366 e. The molecule has 1 aromatic heterocycles. The second-order valence-corrected chi connectivity index (χ2v) is 6.30. The molecule has 0 spiro atoms. The maximum Gasteiger partial charge on any atom is 0.134 e. The Morgan fingerprint density at radius 2 is 1.79 bits per heavy atom. The summed E-state index contributed by atoms with van der Waals surface area (Å²) in [6, 6.07) is 10.1. The molecule has 2 aromatic rings. The number of benzene rings is 1. The average molecular weight is 385 g/mol. The van der Waals surface area contributed by atoms with Crippen molar-refractivity contribution in [3.63, 3.8) is 0 Å². The standard InChI is InChI=1S/C14H15Br2N3/c1-9(2)14-18-12(16)7-13(19-14)17-8-10-3-5-11(15)6-4-10/h3-7,9H,8H2,1-2H3,(H,17,18,19). The second kappa shape index (κ2) is 6.48. The van der Waals surface area contributed by atoms with Crippen molar-refractivity contribution < 1.29 is 0 Å². The molecule has 0 atom stereocenters. The molecule has 0 saturated heterocycles. The average Bonchev–Trinajstić information content (AvgIpc) is 2.37. The lowest BCUT2D eigenvalue weighted by molar-refractivity contribution is 0.769. The third kappa shape index (κ3) is 4.28. The minimum absolute atomic E-state index is 0.311. The number of anilines is 1. The number of aromatic nitrogens is 2. The number of rotatable bonds is 4. The van der Waals surface area contributed by atoms with Crippen molar-refractivity contribution >= 4 is 37.7 Å². The Morgan fingerprint density at radius 1 is 1.11 bits per heavy atom. The minimum atomic E-state index is 0.311. The molecule has 1 heterocycles. The predicted molar refractivity (Wildman–Crippen MR) is 85.3 cm³/mol. The Morgan fingerprint density at radius 3 is 2.42 bits per heavy atom. The maximum atomic E-state index is 4.50. The van der Waals surface area contributed by atoms with Crippen molar-refractivity contribution in [2.75, 3.05) is 5.32 Å². The molecule has 3 nitrogen and oxygen atoms in total. The molecule has 0 radical (unpaired) electrons. The summed E-state index contributed by atoms with van der Waals surface area (Å²) in [6.07, 6.45) is 0. The van der Waals surface area contributed by atoms with Crippen LogP contribution in [-0.4, -0.2) is 9.97 Å². The molecule has 0 unspecified atom stereocenters. The van der Waals surface area contributed by atoms with E-state index in [2.05, 4.69) is 73.1 Å². The zero-order chi connectivity index (χ0) is 13.8. The molecule has 2 rings (SSSR count). The van der Waals surface area contributed by atoms with Gasteiger partial charge in [-0.1, -0.05) is 41.9 Å². The van der Waals surface area contributed by atoms with Crippen LogP contribution in [0.1, 0.15) is 31.2 Å². The highest BCUT2D eigenvalue weighted by atomic mass is 79.9. The van der Waals surface area contributed by atoms with E-state index in [1.807, 2.05) is 18.2 Å². The zero-order valence-electron chi connectivity index (χ0n) is 10.8. The van der Waals surface area contributed by atoms with Crippen LogP contribution in [0.2, 0.25) is 0 Å². The number of hydrogen-bond donors (Lipinski definition) is 1. The van der Waals surface area contributed by atoms with Gasteiger partial charge >= 0.3 is 0 Å². The topological polar surface area (TPSA) is 37.8 Å². The van der Waals surface area contributed by atoms with Gasteiger partial charge in [-0.15, -0.1) is 0 Å². The van der Waals surface area contributed by atoms with Gasteiger partial charge in [-0.25, -0.2) is 9.97 Å². The highest BCUT2D eigenvalue weighted by Gasteiger charge is 2.06. The van der Waals surface area contributed by atoms with Crippen molar-refractivity contribution in [1.29, 1.82) is 0 Å². The molecule has 0 bridgehead atoms. The van der Waals surface area contributed by atoms with Gasteiger partial charge in [-0.2, -0.15) is 0 Å². The summed E-state index contributed by atoms with van der Waals surface area (Å²) in [5.74, 6) is 1.99. The second-order valence-electron chi connectivity index (χ2n) is 4.57. The Kier molecular flexibility index (Phi) is 4.93. The first kappa shape index (κ1) is 14.5. The molecule has 0 saturated carbocycles. The molecule has 5 heteroatoms. The monoisotopic (exact) mass is 383 g/mol. The van der Waals surface area contributed by atoms with Gasteiger partial charge in [-0.3, -0.25) is 0 Å². The Bertz CT molecular complexity index is 553. The number of halogens is 2. The summed E-state index contributed by atoms with van der Waals surface area (Å²) in [7, 11) is 0. The van der Waals surface area contributed by atoms with E-state index in [9.17, 15) is 0 Å². The van der Waals surface area contributed by atoms with Crippen molar-refractivity contribution in [2.45, 2.75) is 26.3 Å². The van der Waals surface area contributed by atoms with E-state index < -0.39 is 0 Å². The van der Waals surface area contributed by atoms with E-state index in [0.717, 1.165) is 27.3 Å². The lowest BCUT2D eigenvalue weighted by Crippen LogP contribution is -2.05. The van der Waals surface area contributed by atoms with Crippen LogP contribution in [0.3, 0.4) is 0 Å². The smallest absolute Gasteiger partial charge is 0.134 e. The summed E-state index contributed by atoms with van der Waals surface area (Å²) in [6.45, 7) is 4.91. The Hall–Kier alpha value is -0.940. The molecular weight excluding hydrogens is 370 g/mol. The first-order valence-corrected chi connectivity index (χ1v) is 7.66. The number of hydrogen-bond acceptors (Lipinski definition) is 3. The van der Waals surface area contributed by atoms with Gasteiger partial charge in [0.1, 0.15) is 16.2 Å². The largest absolute Gasteiger partial charge is 0.366 e. The number of nitrogens with one attached hydrogen (secondary N) is 1. The fraction of sp³-hybridized carbons (Fsp3) is 0.286. The number of nitrogens with zero attached hydrogens (tertiary/aromatic N) is 2. The quantitative estimate of drug-likeness (QED) is 0.773. The zero-order valence-corrected chi connectivity index (χ0v) is 14.0. The van der Waals surface area contributed by atoms with Crippen LogP contribution >= 0.6 is 31.9 Å². The van der Waals surface area contributed by atoms with E-state index in [1.165, 1.54) is 5.56 Å². The molecule has 19 heavy (non-hydrogen) atoms. The van der Waals surface area contributed by atoms with E-state index in [0.29, 0.717) is 5.92 Å². The lowest BCUT2D eigenvalue weighted by atomic mass is 10.2. The summed E-state index contributed by atoms with van der Waals surface area (Å²) in [5.41, 5.74) is 1.21. The fourth-order valence-corrected chi connectivity index (χ4v) is 2.24. The van der Waals surface area contributed by atoms with Crippen molar-refractivity contribution in [2.24, 2.45) is 0 Å². The van der Waals surface area contributed by atoms with Crippen LogP contribution in [0.5, 0.6) is 0 Å². The van der Waals surface area contributed by atoms with Gasteiger partial charge in [0.25, 0.3) is 0 Å². The van der Waals surface area contributed by atoms with E-state index >= 15 is 0 Å². The molecule has 1 aromatic carbocycles. The van der Waals surface area contributed by atoms with Crippen LogP contribution < -0.4 is 5.32 Å². The van der Waals surface area contributed by atoms with Crippen molar-refractivity contribution in [3.05, 3.63) is 50.8 Å². The first-order valence-electron chi connectivity index (χ1n) is 6.07. The van der Waals surface area contributed by atoms with Gasteiger partial charge < -0.3 is 5.32 Å². The van der Waals surface area contributed by atoms with Crippen LogP contribution in [0.4, 0.5) is 5.82 Å². The lowest BCUT2D eigenvalue weighted by Gasteiger charge is -2.10. The van der Waals surface area contributed by atoms with Crippen LogP contribution in [-0.2, 0) is 6.54 Å². The molecule has 0 aliphatic heterocycles. The molecule has 0 amide bonds. The molecule has 0 aliphatic rings. The maximum absolute atomic E-state index is 4.50. The van der Waals surface area contributed by atoms with Gasteiger partial charge in [0.15, 0.2) is 0 Å².